The second kappa shape index (κ2) is 7.05. The lowest BCUT2D eigenvalue weighted by atomic mass is 10.00. The normalized spacial score (nSPS) is 16.1. The van der Waals surface area contributed by atoms with Gasteiger partial charge in [-0.05, 0) is 82.4 Å². The highest BCUT2D eigenvalue weighted by atomic mass is 32.2. The Morgan fingerprint density at radius 1 is 1.23 bits per heavy atom. The van der Waals surface area contributed by atoms with E-state index in [0.717, 1.165) is 11.6 Å². The number of benzene rings is 2. The van der Waals surface area contributed by atoms with Crippen LogP contribution in [0.4, 0.5) is 8.78 Å². The zero-order chi connectivity index (χ0) is 19.0. The van der Waals surface area contributed by atoms with Gasteiger partial charge in [-0.3, -0.25) is 4.79 Å². The molecule has 0 bridgehead atoms. The molecule has 0 spiro atoms. The molecule has 0 radical (unpaired) electrons. The number of halogens is 2. The summed E-state index contributed by atoms with van der Waals surface area (Å²) in [5.41, 5.74) is 2.78. The molecule has 0 amide bonds. The van der Waals surface area contributed by atoms with Crippen molar-refractivity contribution in [1.29, 1.82) is 0 Å². The first kappa shape index (κ1) is 18.4. The predicted octanol–water partition coefficient (Wildman–Crippen LogP) is 4.50. The minimum Gasteiger partial charge on any atom is -0.612 e. The molecular weight excluding hydrogens is 358 g/mol. The van der Waals surface area contributed by atoms with Crippen LogP contribution in [0.3, 0.4) is 0 Å². The van der Waals surface area contributed by atoms with Gasteiger partial charge < -0.3 is 9.66 Å². The highest BCUT2D eigenvalue weighted by molar-refractivity contribution is 7.90. The van der Waals surface area contributed by atoms with Crippen LogP contribution in [0.25, 0.3) is 17.2 Å². The molecule has 1 unspecified atom stereocenters. The second-order valence-electron chi connectivity index (χ2n) is 6.07. The van der Waals surface area contributed by atoms with Crippen molar-refractivity contribution in [2.45, 2.75) is 18.2 Å². The van der Waals surface area contributed by atoms with Crippen LogP contribution in [0.2, 0.25) is 0 Å². The summed E-state index contributed by atoms with van der Waals surface area (Å²) in [5, 5.41) is 9.14. The molecule has 0 saturated carbocycles. The van der Waals surface area contributed by atoms with Crippen molar-refractivity contribution in [2.24, 2.45) is 0 Å². The Balaban J connectivity index is 2.15. The van der Waals surface area contributed by atoms with E-state index in [1.54, 1.807) is 43.5 Å². The van der Waals surface area contributed by atoms with Crippen molar-refractivity contribution in [2.75, 3.05) is 6.26 Å². The van der Waals surface area contributed by atoms with E-state index < -0.39 is 28.8 Å². The van der Waals surface area contributed by atoms with Crippen LogP contribution >= 0.6 is 0 Å². The summed E-state index contributed by atoms with van der Waals surface area (Å²) in [6, 6.07) is 8.92. The van der Waals surface area contributed by atoms with Crippen LogP contribution in [-0.2, 0) is 16.0 Å². The van der Waals surface area contributed by atoms with Crippen molar-refractivity contribution in [3.05, 3.63) is 70.3 Å². The summed E-state index contributed by atoms with van der Waals surface area (Å²) in [4.78, 5) is 11.8. The topological polar surface area (TPSA) is 60.4 Å². The molecule has 1 atom stereocenters. The van der Waals surface area contributed by atoms with Gasteiger partial charge in [0.15, 0.2) is 4.90 Å². The number of carboxylic acids is 1. The van der Waals surface area contributed by atoms with Crippen LogP contribution < -0.4 is 0 Å². The summed E-state index contributed by atoms with van der Waals surface area (Å²) in [6.45, 7) is 1.71. The lowest BCUT2D eigenvalue weighted by Crippen LogP contribution is -1.98. The number of hydrogen-bond donors (Lipinski definition) is 1. The number of carbonyl (C=O) groups is 1. The highest BCUT2D eigenvalue weighted by Crippen LogP contribution is 2.45. The van der Waals surface area contributed by atoms with E-state index in [1.165, 1.54) is 6.07 Å². The summed E-state index contributed by atoms with van der Waals surface area (Å²) in [7, 11) is 0. The molecule has 0 saturated heterocycles. The second-order valence-corrected chi connectivity index (χ2v) is 7.45. The fourth-order valence-corrected chi connectivity index (χ4v) is 3.64. The van der Waals surface area contributed by atoms with Crippen LogP contribution in [0.5, 0.6) is 0 Å². The van der Waals surface area contributed by atoms with Gasteiger partial charge >= 0.3 is 5.97 Å². The number of aliphatic carboxylic acids is 1. The first-order chi connectivity index (χ1) is 12.3. The first-order valence-electron chi connectivity index (χ1n) is 7.85. The molecule has 0 aliphatic heterocycles. The maximum atomic E-state index is 14.5. The Labute approximate surface area is 152 Å². The van der Waals surface area contributed by atoms with E-state index in [1.807, 2.05) is 0 Å². The Bertz CT molecular complexity index is 944. The molecule has 6 heteroatoms. The van der Waals surface area contributed by atoms with Crippen LogP contribution in [-0.4, -0.2) is 21.9 Å². The average molecular weight is 374 g/mol. The van der Waals surface area contributed by atoms with Crippen molar-refractivity contribution < 1.29 is 23.2 Å². The monoisotopic (exact) mass is 374 g/mol. The Morgan fingerprint density at radius 3 is 2.46 bits per heavy atom. The van der Waals surface area contributed by atoms with E-state index >= 15 is 0 Å². The molecule has 1 N–H and O–H groups in total. The summed E-state index contributed by atoms with van der Waals surface area (Å²) >= 11 is -1.10. The number of allylic oxidation sites excluding steroid dienone is 2. The number of hydrogen-bond acceptors (Lipinski definition) is 2. The van der Waals surface area contributed by atoms with Crippen molar-refractivity contribution >= 4 is 34.4 Å². The zero-order valence-electron chi connectivity index (χ0n) is 14.2. The van der Waals surface area contributed by atoms with Gasteiger partial charge in [-0.1, -0.05) is 0 Å². The van der Waals surface area contributed by atoms with E-state index in [2.05, 4.69) is 0 Å². The van der Waals surface area contributed by atoms with E-state index in [4.69, 9.17) is 5.11 Å². The van der Waals surface area contributed by atoms with E-state index in [9.17, 15) is 18.1 Å². The first-order valence-corrected chi connectivity index (χ1v) is 9.40. The number of fused-ring (bicyclic) bond motifs is 1. The maximum Gasteiger partial charge on any atom is 0.307 e. The molecule has 1 aliphatic rings. The molecule has 2 aromatic carbocycles. The molecule has 2 aromatic rings. The van der Waals surface area contributed by atoms with Crippen LogP contribution in [0.15, 0.2) is 46.9 Å². The van der Waals surface area contributed by atoms with Gasteiger partial charge in [-0.15, -0.1) is 0 Å². The SMILES string of the molecule is CC1=C(CC(=O)O)c2cc(F)cc(F)c2/C1=C\c1ccc([S+](C)[O-])cc1. The maximum absolute atomic E-state index is 14.5. The molecule has 0 heterocycles. The van der Waals surface area contributed by atoms with Crippen molar-refractivity contribution in [3.8, 4) is 0 Å². The predicted molar refractivity (Wildman–Crippen MR) is 97.9 cm³/mol. The van der Waals surface area contributed by atoms with E-state index in [0.29, 0.717) is 21.6 Å². The molecule has 134 valence electrons. The molecule has 0 fully saturated rings. The van der Waals surface area contributed by atoms with Gasteiger partial charge in [0.1, 0.15) is 17.9 Å². The third-order valence-electron chi connectivity index (χ3n) is 4.36. The van der Waals surface area contributed by atoms with Gasteiger partial charge in [0.25, 0.3) is 0 Å². The molecule has 0 aromatic heterocycles. The molecule has 3 rings (SSSR count). The standard InChI is InChI=1S/C20H16F2O3S/c1-11-15(10-19(23)24)17-8-13(21)9-18(22)20(17)16(11)7-12-3-5-14(6-4-12)26(2)25/h3-9H,10H2,1-2H3,(H,23,24)/b16-7-. The van der Waals surface area contributed by atoms with Gasteiger partial charge in [0.2, 0.25) is 0 Å². The van der Waals surface area contributed by atoms with Gasteiger partial charge in [-0.2, -0.15) is 0 Å². The highest BCUT2D eigenvalue weighted by Gasteiger charge is 2.28. The lowest BCUT2D eigenvalue weighted by Gasteiger charge is -2.07. The van der Waals surface area contributed by atoms with E-state index in [-0.39, 0.29) is 17.5 Å². The Morgan fingerprint density at radius 2 is 1.88 bits per heavy atom. The van der Waals surface area contributed by atoms with Gasteiger partial charge in [-0.25, -0.2) is 8.78 Å². The minimum absolute atomic E-state index is 0.211. The lowest BCUT2D eigenvalue weighted by molar-refractivity contribution is -0.135. The van der Waals surface area contributed by atoms with Gasteiger partial charge in [0, 0.05) is 11.6 Å². The van der Waals surface area contributed by atoms with Crippen LogP contribution in [0.1, 0.15) is 30.0 Å². The third kappa shape index (κ3) is 3.43. The Kier molecular flexibility index (Phi) is 4.98. The summed E-state index contributed by atoms with van der Waals surface area (Å²) < 4.78 is 39.6. The zero-order valence-corrected chi connectivity index (χ0v) is 15.0. The largest absolute Gasteiger partial charge is 0.612 e. The summed E-state index contributed by atoms with van der Waals surface area (Å²) in [5.74, 6) is -2.53. The number of rotatable bonds is 4. The third-order valence-corrected chi connectivity index (χ3v) is 5.29. The quantitative estimate of drug-likeness (QED) is 0.802. The minimum atomic E-state index is -1.10. The molecular formula is C20H16F2O3S. The van der Waals surface area contributed by atoms with Crippen LogP contribution in [0, 0.1) is 11.6 Å². The summed E-state index contributed by atoms with van der Waals surface area (Å²) in [6.07, 6.45) is 2.99. The molecule has 1 aliphatic carbocycles. The average Bonchev–Trinajstić information content (AvgIpc) is 2.80. The molecule has 3 nitrogen and oxygen atoms in total. The number of carboxylic acid groups (broad SMARTS) is 1. The smallest absolute Gasteiger partial charge is 0.307 e. The fourth-order valence-electron chi connectivity index (χ4n) is 3.12. The fraction of sp³-hybridized carbons (Fsp3) is 0.150. The van der Waals surface area contributed by atoms with Gasteiger partial charge in [0.05, 0.1) is 6.42 Å². The Hall–Kier alpha value is -2.44. The van der Waals surface area contributed by atoms with Crippen molar-refractivity contribution in [3.63, 3.8) is 0 Å². The molecule has 26 heavy (non-hydrogen) atoms. The van der Waals surface area contributed by atoms with Crippen molar-refractivity contribution in [1.82, 2.24) is 0 Å².